The first kappa shape index (κ1) is 23.0. The zero-order chi connectivity index (χ0) is 23.9. The van der Waals surface area contributed by atoms with E-state index in [2.05, 4.69) is 0 Å². The number of ether oxygens (including phenoxy) is 2. The average molecular weight is 459 g/mol. The van der Waals surface area contributed by atoms with E-state index >= 15 is 0 Å². The SMILES string of the molecule is COc1ccc(C(=O)N2CCN(C(=O)c3ccc(COc4ccc(C=O)cc4)cc3)CC2)cc1. The van der Waals surface area contributed by atoms with Crippen LogP contribution in [0, 0.1) is 0 Å². The van der Waals surface area contributed by atoms with Gasteiger partial charge in [0.1, 0.15) is 24.4 Å². The quantitative estimate of drug-likeness (QED) is 0.505. The number of carbonyl (C=O) groups is 3. The fourth-order valence-electron chi connectivity index (χ4n) is 3.76. The van der Waals surface area contributed by atoms with E-state index in [0.29, 0.717) is 61.0 Å². The van der Waals surface area contributed by atoms with E-state index < -0.39 is 0 Å². The number of amides is 2. The van der Waals surface area contributed by atoms with E-state index in [4.69, 9.17) is 9.47 Å². The molecule has 0 N–H and O–H groups in total. The molecule has 0 spiro atoms. The lowest BCUT2D eigenvalue weighted by Gasteiger charge is -2.35. The Morgan fingerprint density at radius 3 is 1.68 bits per heavy atom. The molecular weight excluding hydrogens is 432 g/mol. The summed E-state index contributed by atoms with van der Waals surface area (Å²) in [6, 6.07) is 21.3. The molecule has 0 radical (unpaired) electrons. The molecule has 0 saturated carbocycles. The highest BCUT2D eigenvalue weighted by Gasteiger charge is 2.25. The van der Waals surface area contributed by atoms with E-state index in [1.54, 1.807) is 77.6 Å². The van der Waals surface area contributed by atoms with Crippen LogP contribution in [0.5, 0.6) is 11.5 Å². The molecule has 1 fully saturated rings. The Bertz CT molecular complexity index is 1130. The summed E-state index contributed by atoms with van der Waals surface area (Å²) < 4.78 is 10.9. The number of aldehydes is 1. The molecule has 2 amide bonds. The van der Waals surface area contributed by atoms with E-state index in [-0.39, 0.29) is 11.8 Å². The van der Waals surface area contributed by atoms with Crippen molar-refractivity contribution in [2.24, 2.45) is 0 Å². The summed E-state index contributed by atoms with van der Waals surface area (Å²) in [6.07, 6.45) is 0.790. The third-order valence-corrected chi connectivity index (χ3v) is 5.81. The summed E-state index contributed by atoms with van der Waals surface area (Å²) in [5.41, 5.74) is 2.75. The van der Waals surface area contributed by atoms with Crippen LogP contribution >= 0.6 is 0 Å². The number of hydrogen-bond donors (Lipinski definition) is 0. The van der Waals surface area contributed by atoms with Gasteiger partial charge >= 0.3 is 0 Å². The minimum Gasteiger partial charge on any atom is -0.497 e. The molecule has 0 atom stereocenters. The highest BCUT2D eigenvalue weighted by atomic mass is 16.5. The fraction of sp³-hybridized carbons (Fsp3) is 0.222. The van der Waals surface area contributed by atoms with Crippen LogP contribution in [-0.4, -0.2) is 61.2 Å². The summed E-state index contributed by atoms with van der Waals surface area (Å²) in [7, 11) is 1.59. The molecule has 0 aliphatic carbocycles. The second kappa shape index (κ2) is 10.7. The van der Waals surface area contributed by atoms with E-state index in [1.807, 2.05) is 12.1 Å². The minimum atomic E-state index is -0.0477. The lowest BCUT2D eigenvalue weighted by Crippen LogP contribution is -2.50. The first-order valence-electron chi connectivity index (χ1n) is 11.1. The summed E-state index contributed by atoms with van der Waals surface area (Å²) in [6.45, 7) is 2.32. The highest BCUT2D eigenvalue weighted by molar-refractivity contribution is 5.96. The molecule has 0 unspecified atom stereocenters. The number of nitrogens with zero attached hydrogens (tertiary/aromatic N) is 2. The van der Waals surface area contributed by atoms with Crippen LogP contribution in [0.2, 0.25) is 0 Å². The van der Waals surface area contributed by atoms with E-state index in [9.17, 15) is 14.4 Å². The topological polar surface area (TPSA) is 76.2 Å². The number of piperazine rings is 1. The Morgan fingerprint density at radius 1 is 0.735 bits per heavy atom. The molecule has 3 aromatic carbocycles. The summed E-state index contributed by atoms with van der Waals surface area (Å²) in [4.78, 5) is 39.9. The van der Waals surface area contributed by atoms with E-state index in [1.165, 1.54) is 0 Å². The zero-order valence-electron chi connectivity index (χ0n) is 19.0. The molecule has 7 nitrogen and oxygen atoms in total. The largest absolute Gasteiger partial charge is 0.497 e. The number of carbonyl (C=O) groups excluding carboxylic acids is 3. The second-order valence-electron chi connectivity index (χ2n) is 7.99. The zero-order valence-corrected chi connectivity index (χ0v) is 19.0. The van der Waals surface area contributed by atoms with Crippen molar-refractivity contribution < 1.29 is 23.9 Å². The predicted molar refractivity (Wildman–Crippen MR) is 127 cm³/mol. The fourth-order valence-corrected chi connectivity index (χ4v) is 3.76. The van der Waals surface area contributed by atoms with Crippen molar-refractivity contribution in [3.63, 3.8) is 0 Å². The van der Waals surface area contributed by atoms with Crippen LogP contribution in [0.3, 0.4) is 0 Å². The number of methoxy groups -OCH3 is 1. The van der Waals surface area contributed by atoms with Gasteiger partial charge in [0.2, 0.25) is 0 Å². The Balaban J connectivity index is 1.28. The van der Waals surface area contributed by atoms with Crippen molar-refractivity contribution in [3.05, 3.63) is 95.1 Å². The van der Waals surface area contributed by atoms with Crippen LogP contribution in [-0.2, 0) is 6.61 Å². The van der Waals surface area contributed by atoms with Gasteiger partial charge in [-0.1, -0.05) is 12.1 Å². The lowest BCUT2D eigenvalue weighted by molar-refractivity contribution is 0.0535. The minimum absolute atomic E-state index is 0.0418. The van der Waals surface area contributed by atoms with Crippen LogP contribution in [0.1, 0.15) is 36.6 Å². The Morgan fingerprint density at radius 2 is 1.21 bits per heavy atom. The van der Waals surface area contributed by atoms with Crippen LogP contribution in [0.25, 0.3) is 0 Å². The maximum atomic E-state index is 12.9. The van der Waals surface area contributed by atoms with Gasteiger partial charge in [0.05, 0.1) is 7.11 Å². The molecule has 3 aromatic rings. The molecule has 1 aliphatic heterocycles. The smallest absolute Gasteiger partial charge is 0.253 e. The Hall–Kier alpha value is -4.13. The number of hydrogen-bond acceptors (Lipinski definition) is 5. The van der Waals surface area contributed by atoms with Gasteiger partial charge in [-0.15, -0.1) is 0 Å². The molecule has 174 valence electrons. The summed E-state index contributed by atoms with van der Waals surface area (Å²) in [5, 5.41) is 0. The van der Waals surface area contributed by atoms with Gasteiger partial charge in [-0.25, -0.2) is 0 Å². The van der Waals surface area contributed by atoms with Crippen molar-refractivity contribution in [2.45, 2.75) is 6.61 Å². The van der Waals surface area contributed by atoms with Gasteiger partial charge in [-0.3, -0.25) is 14.4 Å². The van der Waals surface area contributed by atoms with Crippen LogP contribution in [0.4, 0.5) is 0 Å². The molecule has 1 aliphatic rings. The van der Waals surface area contributed by atoms with Crippen molar-refractivity contribution in [3.8, 4) is 11.5 Å². The summed E-state index contributed by atoms with van der Waals surface area (Å²) >= 11 is 0. The van der Waals surface area contributed by atoms with Crippen molar-refractivity contribution in [2.75, 3.05) is 33.3 Å². The molecule has 0 bridgehead atoms. The molecule has 1 saturated heterocycles. The first-order chi connectivity index (χ1) is 16.6. The van der Waals surface area contributed by atoms with Gasteiger partial charge in [-0.2, -0.15) is 0 Å². The monoisotopic (exact) mass is 458 g/mol. The molecule has 0 aromatic heterocycles. The lowest BCUT2D eigenvalue weighted by atomic mass is 10.1. The van der Waals surface area contributed by atoms with Crippen LogP contribution in [0.15, 0.2) is 72.8 Å². The third kappa shape index (κ3) is 5.43. The summed E-state index contributed by atoms with van der Waals surface area (Å²) in [5.74, 6) is 1.29. The average Bonchev–Trinajstić information content (AvgIpc) is 2.92. The van der Waals surface area contributed by atoms with Crippen LogP contribution < -0.4 is 9.47 Å². The molecule has 34 heavy (non-hydrogen) atoms. The predicted octanol–water partition coefficient (Wildman–Crippen LogP) is 3.68. The highest BCUT2D eigenvalue weighted by Crippen LogP contribution is 2.17. The Labute approximate surface area is 198 Å². The normalized spacial score (nSPS) is 13.3. The van der Waals surface area contributed by atoms with Crippen molar-refractivity contribution in [1.82, 2.24) is 9.80 Å². The maximum Gasteiger partial charge on any atom is 0.253 e. The maximum absolute atomic E-state index is 12.9. The third-order valence-electron chi connectivity index (χ3n) is 5.81. The van der Waals surface area contributed by atoms with Crippen molar-refractivity contribution >= 4 is 18.1 Å². The number of rotatable bonds is 7. The standard InChI is InChI=1S/C27H26N2O5/c1-33-24-12-8-23(9-13-24)27(32)29-16-14-28(15-17-29)26(31)22-6-2-21(3-7-22)19-34-25-10-4-20(18-30)5-11-25/h2-13,18H,14-17,19H2,1H3. The van der Waals surface area contributed by atoms with Gasteiger partial charge < -0.3 is 19.3 Å². The first-order valence-corrected chi connectivity index (χ1v) is 11.1. The van der Waals surface area contributed by atoms with E-state index in [0.717, 1.165) is 11.8 Å². The van der Waals surface area contributed by atoms with Gasteiger partial charge in [0, 0.05) is 42.9 Å². The molecule has 7 heteroatoms. The van der Waals surface area contributed by atoms with Gasteiger partial charge in [-0.05, 0) is 66.2 Å². The second-order valence-corrected chi connectivity index (χ2v) is 7.99. The molecular formula is C27H26N2O5. The Kier molecular flexibility index (Phi) is 7.22. The molecule has 4 rings (SSSR count). The van der Waals surface area contributed by atoms with Gasteiger partial charge in [0.25, 0.3) is 11.8 Å². The molecule has 1 heterocycles. The number of benzene rings is 3. The van der Waals surface area contributed by atoms with Gasteiger partial charge in [0.15, 0.2) is 0 Å². The van der Waals surface area contributed by atoms with Crippen molar-refractivity contribution in [1.29, 1.82) is 0 Å².